The van der Waals surface area contributed by atoms with Gasteiger partial charge in [0.15, 0.2) is 0 Å². The number of anilines is 1. The van der Waals surface area contributed by atoms with Crippen molar-refractivity contribution in [2.75, 3.05) is 18.4 Å². The third kappa shape index (κ3) is 5.88. The molecule has 0 saturated carbocycles. The number of rotatable bonds is 8. The number of carbonyl (C=O) groups excluding carboxylic acids is 1. The van der Waals surface area contributed by atoms with Crippen LogP contribution in [0.25, 0.3) is 0 Å². The molecular formula is C16H26N2O. The molecule has 0 aromatic heterocycles. The van der Waals surface area contributed by atoms with Crippen molar-refractivity contribution in [2.24, 2.45) is 5.92 Å². The predicted octanol–water partition coefficient (Wildman–Crippen LogP) is 3.21. The summed E-state index contributed by atoms with van der Waals surface area (Å²) in [4.78, 5) is 11.9. The number of carbonyl (C=O) groups is 1. The first-order chi connectivity index (χ1) is 9.17. The Balaban J connectivity index is 2.45. The van der Waals surface area contributed by atoms with E-state index in [9.17, 15) is 4.79 Å². The minimum atomic E-state index is -0.0142. The molecule has 1 atom stereocenters. The van der Waals surface area contributed by atoms with Crippen molar-refractivity contribution >= 4 is 11.6 Å². The molecule has 3 nitrogen and oxygen atoms in total. The van der Waals surface area contributed by atoms with Crippen LogP contribution in [-0.4, -0.2) is 19.0 Å². The molecule has 0 bridgehead atoms. The highest BCUT2D eigenvalue weighted by Crippen LogP contribution is 2.12. The maximum atomic E-state index is 11.9. The molecule has 1 amide bonds. The van der Waals surface area contributed by atoms with Gasteiger partial charge in [-0.3, -0.25) is 4.79 Å². The van der Waals surface area contributed by atoms with Crippen LogP contribution in [0.3, 0.4) is 0 Å². The highest BCUT2D eigenvalue weighted by atomic mass is 16.1. The lowest BCUT2D eigenvalue weighted by atomic mass is 10.1. The highest BCUT2D eigenvalue weighted by Gasteiger charge is 2.11. The molecule has 1 aromatic rings. The van der Waals surface area contributed by atoms with Gasteiger partial charge in [-0.1, -0.05) is 39.3 Å². The molecule has 1 rings (SSSR count). The largest absolute Gasteiger partial charge is 0.326 e. The maximum Gasteiger partial charge on any atom is 0.228 e. The average molecular weight is 262 g/mol. The molecule has 3 heteroatoms. The lowest BCUT2D eigenvalue weighted by molar-refractivity contribution is -0.119. The van der Waals surface area contributed by atoms with Gasteiger partial charge >= 0.3 is 0 Å². The number of hydrogen-bond donors (Lipinski definition) is 2. The normalized spacial score (nSPS) is 12.2. The van der Waals surface area contributed by atoms with E-state index in [2.05, 4.69) is 29.7 Å². The Labute approximate surface area is 116 Å². The van der Waals surface area contributed by atoms with Gasteiger partial charge in [0.25, 0.3) is 0 Å². The summed E-state index contributed by atoms with van der Waals surface area (Å²) in [5, 5.41) is 6.14. The summed E-state index contributed by atoms with van der Waals surface area (Å²) in [6, 6.07) is 8.17. The fourth-order valence-corrected chi connectivity index (χ4v) is 1.85. The van der Waals surface area contributed by atoms with Crippen LogP contribution >= 0.6 is 0 Å². The zero-order valence-corrected chi connectivity index (χ0v) is 12.3. The monoisotopic (exact) mass is 262 g/mol. The van der Waals surface area contributed by atoms with Crippen molar-refractivity contribution in [2.45, 2.75) is 40.0 Å². The summed E-state index contributed by atoms with van der Waals surface area (Å²) < 4.78 is 0. The molecule has 0 aliphatic carbocycles. The fraction of sp³-hybridized carbons (Fsp3) is 0.562. The van der Waals surface area contributed by atoms with Gasteiger partial charge in [0.05, 0.1) is 0 Å². The molecule has 0 aliphatic heterocycles. The van der Waals surface area contributed by atoms with Crippen LogP contribution in [0.15, 0.2) is 24.3 Å². The molecule has 1 unspecified atom stereocenters. The Morgan fingerprint density at radius 1 is 1.21 bits per heavy atom. The molecule has 0 heterocycles. The van der Waals surface area contributed by atoms with Crippen LogP contribution in [0.5, 0.6) is 0 Å². The van der Waals surface area contributed by atoms with Crippen molar-refractivity contribution in [1.82, 2.24) is 5.32 Å². The second-order valence-corrected chi connectivity index (χ2v) is 5.00. The van der Waals surface area contributed by atoms with Gasteiger partial charge in [-0.15, -0.1) is 0 Å². The van der Waals surface area contributed by atoms with Gasteiger partial charge in [0, 0.05) is 18.2 Å². The van der Waals surface area contributed by atoms with Gasteiger partial charge in [-0.25, -0.2) is 0 Å². The second kappa shape index (κ2) is 8.70. The summed E-state index contributed by atoms with van der Waals surface area (Å²) in [5.41, 5.74) is 2.22. The van der Waals surface area contributed by atoms with E-state index in [4.69, 9.17) is 0 Å². The highest BCUT2D eigenvalue weighted by molar-refractivity contribution is 5.92. The first-order valence-corrected chi connectivity index (χ1v) is 7.27. The van der Waals surface area contributed by atoms with Crippen LogP contribution in [-0.2, 0) is 11.2 Å². The summed E-state index contributed by atoms with van der Waals surface area (Å²) in [6.45, 7) is 7.79. The van der Waals surface area contributed by atoms with Crippen LogP contribution in [0.2, 0.25) is 0 Å². The van der Waals surface area contributed by atoms with E-state index in [1.54, 1.807) is 0 Å². The van der Waals surface area contributed by atoms with E-state index >= 15 is 0 Å². The zero-order valence-electron chi connectivity index (χ0n) is 12.3. The number of hydrogen-bond acceptors (Lipinski definition) is 2. The molecule has 2 N–H and O–H groups in total. The van der Waals surface area contributed by atoms with E-state index < -0.39 is 0 Å². The Hall–Kier alpha value is -1.35. The van der Waals surface area contributed by atoms with Gasteiger partial charge in [0.2, 0.25) is 5.91 Å². The number of amides is 1. The van der Waals surface area contributed by atoms with Crippen LogP contribution < -0.4 is 10.6 Å². The summed E-state index contributed by atoms with van der Waals surface area (Å²) in [5.74, 6) is 0.0574. The van der Waals surface area contributed by atoms with Gasteiger partial charge in [-0.2, -0.15) is 0 Å². The second-order valence-electron chi connectivity index (χ2n) is 5.00. The van der Waals surface area contributed by atoms with Crippen molar-refractivity contribution < 1.29 is 4.79 Å². The molecule has 0 spiro atoms. The fourth-order valence-electron chi connectivity index (χ4n) is 1.85. The number of benzene rings is 1. The molecule has 0 fully saturated rings. The Morgan fingerprint density at radius 2 is 1.89 bits per heavy atom. The van der Waals surface area contributed by atoms with Crippen LogP contribution in [0.4, 0.5) is 5.69 Å². The minimum absolute atomic E-state index is 0.0142. The van der Waals surface area contributed by atoms with E-state index in [0.717, 1.165) is 25.2 Å². The van der Waals surface area contributed by atoms with Crippen molar-refractivity contribution in [3.8, 4) is 0 Å². The minimum Gasteiger partial charge on any atom is -0.326 e. The molecule has 19 heavy (non-hydrogen) atoms. The van der Waals surface area contributed by atoms with Gasteiger partial charge in [-0.05, 0) is 37.1 Å². The van der Waals surface area contributed by atoms with Crippen molar-refractivity contribution in [1.29, 1.82) is 0 Å². The Morgan fingerprint density at radius 3 is 2.47 bits per heavy atom. The molecule has 0 aliphatic rings. The predicted molar refractivity (Wildman–Crippen MR) is 81.4 cm³/mol. The standard InChI is InChI=1S/C16H26N2O/c1-4-6-7-14-8-10-15(11-9-14)18-16(19)13(3)12-17-5-2/h8-11,13,17H,4-7,12H2,1-3H3,(H,18,19). The number of nitrogens with one attached hydrogen (secondary N) is 2. The first kappa shape index (κ1) is 15.7. The van der Waals surface area contributed by atoms with Crippen molar-refractivity contribution in [3.05, 3.63) is 29.8 Å². The smallest absolute Gasteiger partial charge is 0.228 e. The quantitative estimate of drug-likeness (QED) is 0.755. The first-order valence-electron chi connectivity index (χ1n) is 7.27. The van der Waals surface area contributed by atoms with Crippen molar-refractivity contribution in [3.63, 3.8) is 0 Å². The Kier molecular flexibility index (Phi) is 7.19. The van der Waals surface area contributed by atoms with Crippen LogP contribution in [0.1, 0.15) is 39.2 Å². The van der Waals surface area contributed by atoms with E-state index in [0.29, 0.717) is 0 Å². The molecule has 1 aromatic carbocycles. The topological polar surface area (TPSA) is 41.1 Å². The maximum absolute atomic E-state index is 11.9. The zero-order chi connectivity index (χ0) is 14.1. The Bertz CT molecular complexity index is 373. The van der Waals surface area contributed by atoms with Gasteiger partial charge < -0.3 is 10.6 Å². The summed E-state index contributed by atoms with van der Waals surface area (Å²) in [6.07, 6.45) is 3.54. The third-order valence-corrected chi connectivity index (χ3v) is 3.19. The van der Waals surface area contributed by atoms with Gasteiger partial charge in [0.1, 0.15) is 0 Å². The lowest BCUT2D eigenvalue weighted by Gasteiger charge is -2.12. The average Bonchev–Trinajstić information content (AvgIpc) is 2.43. The number of unbranched alkanes of at least 4 members (excludes halogenated alkanes) is 1. The molecular weight excluding hydrogens is 236 g/mol. The molecule has 0 saturated heterocycles. The molecule has 0 radical (unpaired) electrons. The summed E-state index contributed by atoms with van der Waals surface area (Å²) in [7, 11) is 0. The number of aryl methyl sites for hydroxylation is 1. The van der Waals surface area contributed by atoms with Crippen LogP contribution in [0, 0.1) is 5.92 Å². The van der Waals surface area contributed by atoms with E-state index in [-0.39, 0.29) is 11.8 Å². The SMILES string of the molecule is CCCCc1ccc(NC(=O)C(C)CNCC)cc1. The third-order valence-electron chi connectivity index (χ3n) is 3.19. The van der Waals surface area contributed by atoms with E-state index in [1.165, 1.54) is 18.4 Å². The lowest BCUT2D eigenvalue weighted by Crippen LogP contribution is -2.30. The summed E-state index contributed by atoms with van der Waals surface area (Å²) >= 11 is 0. The molecule has 106 valence electrons. The van der Waals surface area contributed by atoms with E-state index in [1.807, 2.05) is 26.0 Å².